The van der Waals surface area contributed by atoms with Crippen molar-refractivity contribution in [1.82, 2.24) is 4.90 Å². The van der Waals surface area contributed by atoms with Crippen LogP contribution in [0.5, 0.6) is 0 Å². The normalized spacial score (nSPS) is 18.2. The minimum absolute atomic E-state index is 0.287. The Balaban J connectivity index is 2.36. The van der Waals surface area contributed by atoms with Gasteiger partial charge in [0.25, 0.3) is 0 Å². The molecule has 0 atom stereocenters. The smallest absolute Gasteiger partial charge is 0.0558 e. The van der Waals surface area contributed by atoms with Crippen LogP contribution in [0.2, 0.25) is 0 Å². The highest BCUT2D eigenvalue weighted by atomic mass is 79.9. The number of alkyl halides is 1. The molecule has 0 heterocycles. The van der Waals surface area contributed by atoms with Crippen LogP contribution in [0.1, 0.15) is 26.7 Å². The summed E-state index contributed by atoms with van der Waals surface area (Å²) in [6.07, 6.45) is 2.64. The van der Waals surface area contributed by atoms with E-state index < -0.39 is 0 Å². The summed E-state index contributed by atoms with van der Waals surface area (Å²) in [6, 6.07) is 0.755. The Morgan fingerprint density at radius 2 is 2.08 bits per heavy atom. The van der Waals surface area contributed by atoms with Crippen LogP contribution in [0.15, 0.2) is 0 Å². The lowest BCUT2D eigenvalue weighted by atomic mass is 9.96. The maximum absolute atomic E-state index is 8.93. The standard InChI is InChI=1S/C10H20BrNO/c1-10(2,7-11)8-12(5-6-13)9-3-4-9/h9,13H,3-8H2,1-2H3. The molecule has 0 aromatic carbocycles. The van der Waals surface area contributed by atoms with Crippen LogP contribution < -0.4 is 0 Å². The second kappa shape index (κ2) is 4.76. The first-order valence-corrected chi connectivity index (χ1v) is 6.12. The number of hydrogen-bond acceptors (Lipinski definition) is 2. The van der Waals surface area contributed by atoms with Gasteiger partial charge in [0.1, 0.15) is 0 Å². The summed E-state index contributed by atoms with van der Waals surface area (Å²) in [5.41, 5.74) is 0.317. The number of aliphatic hydroxyl groups excluding tert-OH is 1. The Kier molecular flexibility index (Phi) is 4.20. The van der Waals surface area contributed by atoms with Gasteiger partial charge in [-0.05, 0) is 18.3 Å². The molecule has 0 spiro atoms. The fourth-order valence-electron chi connectivity index (χ4n) is 1.55. The van der Waals surface area contributed by atoms with Crippen molar-refractivity contribution in [2.45, 2.75) is 32.7 Å². The Bertz CT molecular complexity index is 157. The summed E-state index contributed by atoms with van der Waals surface area (Å²) >= 11 is 3.53. The average molecular weight is 250 g/mol. The largest absolute Gasteiger partial charge is 0.395 e. The van der Waals surface area contributed by atoms with Gasteiger partial charge in [0.15, 0.2) is 0 Å². The van der Waals surface area contributed by atoms with Crippen molar-refractivity contribution in [3.05, 3.63) is 0 Å². The molecule has 1 aliphatic rings. The van der Waals surface area contributed by atoms with E-state index in [1.807, 2.05) is 0 Å². The zero-order valence-corrected chi connectivity index (χ0v) is 10.2. The first kappa shape index (κ1) is 11.5. The molecule has 0 aliphatic heterocycles. The summed E-state index contributed by atoms with van der Waals surface area (Å²) in [7, 11) is 0. The summed E-state index contributed by atoms with van der Waals surface area (Å²) in [5.74, 6) is 0. The van der Waals surface area contributed by atoms with Gasteiger partial charge in [-0.2, -0.15) is 0 Å². The summed E-state index contributed by atoms with van der Waals surface area (Å²) in [4.78, 5) is 2.42. The molecule has 0 radical (unpaired) electrons. The Labute approximate surface area is 89.4 Å². The van der Waals surface area contributed by atoms with Gasteiger partial charge in [0, 0.05) is 24.5 Å². The van der Waals surface area contributed by atoms with E-state index in [4.69, 9.17) is 5.11 Å². The van der Waals surface area contributed by atoms with Crippen LogP contribution in [0.3, 0.4) is 0 Å². The third kappa shape index (κ3) is 3.96. The van der Waals surface area contributed by atoms with Crippen LogP contribution in [0, 0.1) is 5.41 Å². The first-order valence-electron chi connectivity index (χ1n) is 5.00. The quantitative estimate of drug-likeness (QED) is 0.727. The van der Waals surface area contributed by atoms with Gasteiger partial charge >= 0.3 is 0 Å². The van der Waals surface area contributed by atoms with Crippen molar-refractivity contribution in [1.29, 1.82) is 0 Å². The van der Waals surface area contributed by atoms with E-state index in [0.29, 0.717) is 5.41 Å². The predicted molar refractivity (Wildman–Crippen MR) is 59.3 cm³/mol. The van der Waals surface area contributed by atoms with E-state index in [0.717, 1.165) is 24.5 Å². The highest BCUT2D eigenvalue weighted by Crippen LogP contribution is 2.30. The first-order chi connectivity index (χ1) is 6.09. The average Bonchev–Trinajstić information content (AvgIpc) is 2.86. The Morgan fingerprint density at radius 3 is 2.46 bits per heavy atom. The fraction of sp³-hybridized carbons (Fsp3) is 1.00. The summed E-state index contributed by atoms with van der Waals surface area (Å²) in [6.45, 7) is 6.72. The molecule has 0 saturated heterocycles. The molecule has 0 bridgehead atoms. The maximum atomic E-state index is 8.93. The SMILES string of the molecule is CC(C)(CBr)CN(CCO)C1CC1. The molecule has 1 rings (SSSR count). The molecule has 13 heavy (non-hydrogen) atoms. The van der Waals surface area contributed by atoms with Gasteiger partial charge in [0.2, 0.25) is 0 Å². The lowest BCUT2D eigenvalue weighted by Crippen LogP contribution is -2.38. The highest BCUT2D eigenvalue weighted by molar-refractivity contribution is 9.09. The molecular weight excluding hydrogens is 230 g/mol. The molecular formula is C10H20BrNO. The van der Waals surface area contributed by atoms with Gasteiger partial charge in [-0.15, -0.1) is 0 Å². The van der Waals surface area contributed by atoms with Crippen LogP contribution in [0.25, 0.3) is 0 Å². The van der Waals surface area contributed by atoms with Gasteiger partial charge in [-0.25, -0.2) is 0 Å². The molecule has 0 aromatic rings. The molecule has 1 saturated carbocycles. The van der Waals surface area contributed by atoms with Gasteiger partial charge < -0.3 is 5.11 Å². The molecule has 0 unspecified atom stereocenters. The van der Waals surface area contributed by atoms with Gasteiger partial charge in [-0.1, -0.05) is 29.8 Å². The molecule has 2 nitrogen and oxygen atoms in total. The maximum Gasteiger partial charge on any atom is 0.0558 e. The summed E-state index contributed by atoms with van der Waals surface area (Å²) in [5, 5.41) is 9.95. The number of rotatable bonds is 6. The van der Waals surface area contributed by atoms with Crippen LogP contribution >= 0.6 is 15.9 Å². The molecule has 0 amide bonds. The molecule has 0 aromatic heterocycles. The highest BCUT2D eigenvalue weighted by Gasteiger charge is 2.32. The van der Waals surface area contributed by atoms with Crippen molar-refractivity contribution in [2.24, 2.45) is 5.41 Å². The number of hydrogen-bond donors (Lipinski definition) is 1. The zero-order valence-electron chi connectivity index (χ0n) is 8.59. The lowest BCUT2D eigenvalue weighted by Gasteiger charge is -2.31. The summed E-state index contributed by atoms with van der Waals surface area (Å²) < 4.78 is 0. The number of aliphatic hydroxyl groups is 1. The van der Waals surface area contributed by atoms with Crippen LogP contribution in [0.4, 0.5) is 0 Å². The van der Waals surface area contributed by atoms with Crippen molar-refractivity contribution >= 4 is 15.9 Å². The van der Waals surface area contributed by atoms with E-state index in [1.165, 1.54) is 12.8 Å². The third-order valence-corrected chi connectivity index (χ3v) is 3.96. The van der Waals surface area contributed by atoms with Crippen molar-refractivity contribution in [3.63, 3.8) is 0 Å². The van der Waals surface area contributed by atoms with Crippen molar-refractivity contribution < 1.29 is 5.11 Å². The fourth-order valence-corrected chi connectivity index (χ4v) is 1.73. The minimum Gasteiger partial charge on any atom is -0.395 e. The van der Waals surface area contributed by atoms with Gasteiger partial charge in [-0.3, -0.25) is 4.90 Å². The van der Waals surface area contributed by atoms with Crippen LogP contribution in [-0.4, -0.2) is 41.1 Å². The molecule has 1 fully saturated rings. The van der Waals surface area contributed by atoms with E-state index in [9.17, 15) is 0 Å². The molecule has 3 heteroatoms. The van der Waals surface area contributed by atoms with Crippen molar-refractivity contribution in [2.75, 3.05) is 25.0 Å². The molecule has 1 N–H and O–H groups in total. The third-order valence-electron chi connectivity index (χ3n) is 2.44. The van der Waals surface area contributed by atoms with E-state index in [-0.39, 0.29) is 6.61 Å². The van der Waals surface area contributed by atoms with E-state index >= 15 is 0 Å². The topological polar surface area (TPSA) is 23.5 Å². The van der Waals surface area contributed by atoms with Crippen LogP contribution in [-0.2, 0) is 0 Å². The van der Waals surface area contributed by atoms with Crippen molar-refractivity contribution in [3.8, 4) is 0 Å². The predicted octanol–water partition coefficient (Wildman–Crippen LogP) is 1.86. The lowest BCUT2D eigenvalue weighted by molar-refractivity contribution is 0.148. The van der Waals surface area contributed by atoms with E-state index in [1.54, 1.807) is 0 Å². The number of nitrogens with zero attached hydrogens (tertiary/aromatic N) is 1. The second-order valence-electron chi connectivity index (χ2n) is 4.72. The van der Waals surface area contributed by atoms with E-state index in [2.05, 4.69) is 34.7 Å². The monoisotopic (exact) mass is 249 g/mol. The molecule has 1 aliphatic carbocycles. The molecule has 78 valence electrons. The van der Waals surface area contributed by atoms with Gasteiger partial charge in [0.05, 0.1) is 6.61 Å². The Morgan fingerprint density at radius 1 is 1.46 bits per heavy atom. The number of halogens is 1. The second-order valence-corrected chi connectivity index (χ2v) is 5.28. The Hall–Kier alpha value is 0.400. The zero-order chi connectivity index (χ0) is 9.90. The minimum atomic E-state index is 0.287.